The number of carbonyl (C=O) groups is 2. The van der Waals surface area contributed by atoms with Crippen molar-refractivity contribution < 1.29 is 18.0 Å². The Morgan fingerprint density at radius 1 is 1.23 bits per heavy atom. The Kier molecular flexibility index (Phi) is 7.59. The van der Waals surface area contributed by atoms with Gasteiger partial charge in [0, 0.05) is 32.6 Å². The largest absolute Gasteiger partial charge is 0.354 e. The van der Waals surface area contributed by atoms with Gasteiger partial charge in [0.15, 0.2) is 0 Å². The number of carbonyl (C=O) groups excluding carboxylic acids is 2. The smallest absolute Gasteiger partial charge is 0.225 e. The average Bonchev–Trinajstić information content (AvgIpc) is 2.98. The number of unbranched alkanes of at least 4 members (excludes halogenated alkanes) is 1. The molecule has 1 aliphatic rings. The SMILES string of the molecule is CCCCS(=O)(=O)NCCNC(=O)C1CC(=O)N(Cc2ccccc2)C1. The summed E-state index contributed by atoms with van der Waals surface area (Å²) in [5.41, 5.74) is 1.03. The van der Waals surface area contributed by atoms with Crippen LogP contribution in [0.2, 0.25) is 0 Å². The molecule has 0 radical (unpaired) electrons. The van der Waals surface area contributed by atoms with Gasteiger partial charge in [-0.05, 0) is 12.0 Å². The molecule has 1 aromatic carbocycles. The van der Waals surface area contributed by atoms with Crippen molar-refractivity contribution in [2.45, 2.75) is 32.7 Å². The van der Waals surface area contributed by atoms with Crippen molar-refractivity contribution in [1.29, 1.82) is 0 Å². The molecular weight excluding hydrogens is 354 g/mol. The summed E-state index contributed by atoms with van der Waals surface area (Å²) in [4.78, 5) is 26.0. The van der Waals surface area contributed by atoms with Crippen molar-refractivity contribution in [2.24, 2.45) is 5.92 Å². The molecule has 1 heterocycles. The van der Waals surface area contributed by atoms with E-state index in [1.165, 1.54) is 0 Å². The van der Waals surface area contributed by atoms with Gasteiger partial charge in [-0.25, -0.2) is 13.1 Å². The summed E-state index contributed by atoms with van der Waals surface area (Å²) in [6, 6.07) is 9.65. The van der Waals surface area contributed by atoms with E-state index in [0.29, 0.717) is 19.5 Å². The number of nitrogens with zero attached hydrogens (tertiary/aromatic N) is 1. The third-order valence-electron chi connectivity index (χ3n) is 4.31. The first-order valence-corrected chi connectivity index (χ1v) is 10.6. The van der Waals surface area contributed by atoms with Crippen molar-refractivity contribution in [3.63, 3.8) is 0 Å². The highest BCUT2D eigenvalue weighted by Gasteiger charge is 2.33. The molecule has 2 amide bonds. The predicted octanol–water partition coefficient (Wildman–Crippen LogP) is 0.871. The molecular formula is C18H27N3O4S. The molecule has 0 spiro atoms. The van der Waals surface area contributed by atoms with Crippen LogP contribution in [0.25, 0.3) is 0 Å². The lowest BCUT2D eigenvalue weighted by Gasteiger charge is -2.16. The monoisotopic (exact) mass is 381 g/mol. The van der Waals surface area contributed by atoms with Crippen LogP contribution in [0.1, 0.15) is 31.7 Å². The Bertz CT molecular complexity index is 706. The fraction of sp³-hybridized carbons (Fsp3) is 0.556. The molecule has 2 rings (SSSR count). The van der Waals surface area contributed by atoms with Crippen LogP contribution in [-0.4, -0.2) is 50.5 Å². The topological polar surface area (TPSA) is 95.6 Å². The molecule has 7 nitrogen and oxygen atoms in total. The van der Waals surface area contributed by atoms with E-state index >= 15 is 0 Å². The van der Waals surface area contributed by atoms with Crippen LogP contribution in [0.5, 0.6) is 0 Å². The van der Waals surface area contributed by atoms with E-state index in [4.69, 9.17) is 0 Å². The minimum atomic E-state index is -3.28. The maximum absolute atomic E-state index is 12.2. The van der Waals surface area contributed by atoms with Crippen molar-refractivity contribution in [3.05, 3.63) is 35.9 Å². The molecule has 1 fully saturated rings. The van der Waals surface area contributed by atoms with Gasteiger partial charge in [0.25, 0.3) is 0 Å². The van der Waals surface area contributed by atoms with Gasteiger partial charge in [-0.2, -0.15) is 0 Å². The molecule has 0 bridgehead atoms. The van der Waals surface area contributed by atoms with Crippen LogP contribution in [0.4, 0.5) is 0 Å². The van der Waals surface area contributed by atoms with Crippen LogP contribution in [-0.2, 0) is 26.2 Å². The van der Waals surface area contributed by atoms with Crippen molar-refractivity contribution >= 4 is 21.8 Å². The highest BCUT2D eigenvalue weighted by Crippen LogP contribution is 2.20. The third-order valence-corrected chi connectivity index (χ3v) is 5.78. The van der Waals surface area contributed by atoms with Crippen molar-refractivity contribution in [3.8, 4) is 0 Å². The highest BCUT2D eigenvalue weighted by atomic mass is 32.2. The summed E-state index contributed by atoms with van der Waals surface area (Å²) in [5, 5.41) is 2.71. The maximum atomic E-state index is 12.2. The first-order chi connectivity index (χ1) is 12.4. The minimum Gasteiger partial charge on any atom is -0.354 e. The van der Waals surface area contributed by atoms with E-state index in [9.17, 15) is 18.0 Å². The summed E-state index contributed by atoms with van der Waals surface area (Å²) in [5.74, 6) is -0.526. The van der Waals surface area contributed by atoms with Gasteiger partial charge in [0.05, 0.1) is 11.7 Å². The Morgan fingerprint density at radius 2 is 1.96 bits per heavy atom. The molecule has 0 saturated carbocycles. The van der Waals surface area contributed by atoms with Crippen molar-refractivity contribution in [1.82, 2.24) is 14.9 Å². The number of sulfonamides is 1. The molecule has 1 atom stereocenters. The fourth-order valence-corrected chi connectivity index (χ4v) is 4.07. The molecule has 144 valence electrons. The summed E-state index contributed by atoms with van der Waals surface area (Å²) in [7, 11) is -3.28. The van der Waals surface area contributed by atoms with E-state index in [1.54, 1.807) is 4.90 Å². The maximum Gasteiger partial charge on any atom is 0.225 e. The zero-order chi connectivity index (χ0) is 19.0. The number of nitrogens with one attached hydrogen (secondary N) is 2. The molecule has 8 heteroatoms. The molecule has 1 saturated heterocycles. The van der Waals surface area contributed by atoms with Gasteiger partial charge in [-0.1, -0.05) is 43.7 Å². The molecule has 0 aliphatic carbocycles. The van der Waals surface area contributed by atoms with Crippen LogP contribution >= 0.6 is 0 Å². The summed E-state index contributed by atoms with van der Waals surface area (Å²) < 4.78 is 25.8. The van der Waals surface area contributed by atoms with Gasteiger partial charge in [0.2, 0.25) is 21.8 Å². The first-order valence-electron chi connectivity index (χ1n) is 8.98. The molecule has 1 aromatic rings. The zero-order valence-electron chi connectivity index (χ0n) is 15.1. The molecule has 2 N–H and O–H groups in total. The molecule has 0 aromatic heterocycles. The van der Waals surface area contributed by atoms with Gasteiger partial charge in [-0.15, -0.1) is 0 Å². The first kappa shape index (κ1) is 20.4. The summed E-state index contributed by atoms with van der Waals surface area (Å²) in [6.45, 7) is 3.20. The number of likely N-dealkylation sites (tertiary alicyclic amines) is 1. The highest BCUT2D eigenvalue weighted by molar-refractivity contribution is 7.89. The van der Waals surface area contributed by atoms with E-state index in [-0.39, 0.29) is 43.0 Å². The number of hydrogen-bond acceptors (Lipinski definition) is 4. The van der Waals surface area contributed by atoms with E-state index < -0.39 is 10.0 Å². The number of benzene rings is 1. The third kappa shape index (κ3) is 6.42. The second-order valence-electron chi connectivity index (χ2n) is 6.52. The number of hydrogen-bond donors (Lipinski definition) is 2. The number of rotatable bonds is 10. The van der Waals surface area contributed by atoms with E-state index in [0.717, 1.165) is 12.0 Å². The fourth-order valence-electron chi connectivity index (χ4n) is 2.85. The van der Waals surface area contributed by atoms with Crippen molar-refractivity contribution in [2.75, 3.05) is 25.4 Å². The summed E-state index contributed by atoms with van der Waals surface area (Å²) >= 11 is 0. The zero-order valence-corrected chi connectivity index (χ0v) is 15.9. The lowest BCUT2D eigenvalue weighted by molar-refractivity contribution is -0.129. The predicted molar refractivity (Wildman–Crippen MR) is 99.7 cm³/mol. The van der Waals surface area contributed by atoms with Gasteiger partial charge < -0.3 is 10.2 Å². The van der Waals surface area contributed by atoms with E-state index in [1.807, 2.05) is 37.3 Å². The second-order valence-corrected chi connectivity index (χ2v) is 8.45. The van der Waals surface area contributed by atoms with Gasteiger partial charge >= 0.3 is 0 Å². The Morgan fingerprint density at radius 3 is 2.65 bits per heavy atom. The molecule has 1 unspecified atom stereocenters. The van der Waals surface area contributed by atoms with Crippen LogP contribution < -0.4 is 10.0 Å². The normalized spacial score (nSPS) is 17.5. The van der Waals surface area contributed by atoms with Crippen LogP contribution in [0, 0.1) is 5.92 Å². The minimum absolute atomic E-state index is 0.0331. The van der Waals surface area contributed by atoms with Crippen LogP contribution in [0.15, 0.2) is 30.3 Å². The van der Waals surface area contributed by atoms with Crippen LogP contribution in [0.3, 0.4) is 0 Å². The average molecular weight is 381 g/mol. The Balaban J connectivity index is 1.72. The lowest BCUT2D eigenvalue weighted by atomic mass is 10.1. The van der Waals surface area contributed by atoms with E-state index in [2.05, 4.69) is 10.0 Å². The second kappa shape index (κ2) is 9.68. The standard InChI is InChI=1S/C18H27N3O4S/c1-2-3-11-26(24,25)20-10-9-19-18(23)16-12-17(22)21(14-16)13-15-7-5-4-6-8-15/h4-8,16,20H,2-3,9-14H2,1H3,(H,19,23). The molecule has 1 aliphatic heterocycles. The summed E-state index contributed by atoms with van der Waals surface area (Å²) in [6.07, 6.45) is 1.62. The van der Waals surface area contributed by atoms with Gasteiger partial charge in [0.1, 0.15) is 0 Å². The Labute approximate surface area is 155 Å². The lowest BCUT2D eigenvalue weighted by Crippen LogP contribution is -2.38. The van der Waals surface area contributed by atoms with Gasteiger partial charge in [-0.3, -0.25) is 9.59 Å². The quantitative estimate of drug-likeness (QED) is 0.588. The number of amides is 2. The Hall–Kier alpha value is -1.93. The molecule has 26 heavy (non-hydrogen) atoms.